The number of hydrogen-bond acceptors (Lipinski definition) is 2. The summed E-state index contributed by atoms with van der Waals surface area (Å²) >= 11 is 0. The van der Waals surface area contributed by atoms with Crippen molar-refractivity contribution in [1.82, 2.24) is 9.80 Å². The summed E-state index contributed by atoms with van der Waals surface area (Å²) in [6.45, 7) is 0.874. The van der Waals surface area contributed by atoms with Gasteiger partial charge in [-0.3, -0.25) is 9.80 Å². The molecule has 0 saturated carbocycles. The molecule has 4 aromatic rings. The van der Waals surface area contributed by atoms with Crippen molar-refractivity contribution < 1.29 is 17.0 Å². The number of nitrogens with zero attached hydrogens (tertiary/aromatic N) is 3. The van der Waals surface area contributed by atoms with E-state index in [0.717, 1.165) is 6.54 Å². The Hall–Kier alpha value is -2.98. The van der Waals surface area contributed by atoms with Gasteiger partial charge >= 0.3 is 0 Å². The third kappa shape index (κ3) is 4.72. The van der Waals surface area contributed by atoms with Crippen molar-refractivity contribution in [2.45, 2.75) is 24.8 Å². The van der Waals surface area contributed by atoms with E-state index in [1.807, 2.05) is 0 Å². The van der Waals surface area contributed by atoms with Gasteiger partial charge in [0.15, 0.2) is 18.9 Å². The fourth-order valence-electron chi connectivity index (χ4n) is 5.23. The molecule has 0 spiro atoms. The average molecular weight is 456 g/mol. The van der Waals surface area contributed by atoms with Crippen LogP contribution >= 0.6 is 0 Å². The second kappa shape index (κ2) is 10.3. The maximum atomic E-state index is 2.52. The first-order valence-electron chi connectivity index (χ1n) is 11.3. The van der Waals surface area contributed by atoms with E-state index in [0.29, 0.717) is 0 Å². The summed E-state index contributed by atoms with van der Waals surface area (Å²) in [7, 11) is 4.52. The minimum atomic E-state index is 0. The summed E-state index contributed by atoms with van der Waals surface area (Å²) in [4.78, 5) is 5.05. The quantitative estimate of drug-likeness (QED) is 0.428. The first-order valence-corrected chi connectivity index (χ1v) is 11.3. The van der Waals surface area contributed by atoms with E-state index in [9.17, 15) is 0 Å². The Balaban J connectivity index is 0.00000259. The molecular weight excluding hydrogens is 426 g/mol. The molecule has 168 valence electrons. The number of benzene rings is 3. The van der Waals surface area contributed by atoms with Gasteiger partial charge in [-0.05, 0) is 31.3 Å². The third-order valence-electron chi connectivity index (χ3n) is 6.62. The first kappa shape index (κ1) is 23.2. The lowest BCUT2D eigenvalue weighted by molar-refractivity contribution is -0.688. The Labute approximate surface area is 203 Å². The van der Waals surface area contributed by atoms with Crippen molar-refractivity contribution in [2.75, 3.05) is 14.1 Å². The van der Waals surface area contributed by atoms with Crippen molar-refractivity contribution in [1.29, 1.82) is 0 Å². The average Bonchev–Trinajstić information content (AvgIpc) is 3.11. The zero-order chi connectivity index (χ0) is 21.9. The molecule has 0 unspecified atom stereocenters. The SMILES string of the molecule is CN1C(c2ccc[n+](Cc3ccccc3)c2)N(C)[C@@H](c2ccccc2)[C@@H]1c1ccccc1.[Cl-]. The molecule has 0 aliphatic carbocycles. The van der Waals surface area contributed by atoms with Crippen LogP contribution in [0.1, 0.15) is 40.5 Å². The molecular formula is C29H30ClN3. The fraction of sp³-hybridized carbons (Fsp3) is 0.207. The molecule has 1 aliphatic rings. The molecule has 1 aliphatic heterocycles. The zero-order valence-electron chi connectivity index (χ0n) is 19.1. The predicted molar refractivity (Wildman–Crippen MR) is 129 cm³/mol. The monoisotopic (exact) mass is 455 g/mol. The summed E-state index contributed by atoms with van der Waals surface area (Å²) < 4.78 is 2.29. The van der Waals surface area contributed by atoms with Crippen LogP contribution in [0.15, 0.2) is 116 Å². The number of hydrogen-bond donors (Lipinski definition) is 0. The van der Waals surface area contributed by atoms with E-state index in [4.69, 9.17) is 0 Å². The summed E-state index contributed by atoms with van der Waals surface area (Å²) in [5, 5.41) is 0. The number of rotatable bonds is 5. The molecule has 0 N–H and O–H groups in total. The van der Waals surface area contributed by atoms with Crippen molar-refractivity contribution in [3.63, 3.8) is 0 Å². The highest BCUT2D eigenvalue weighted by Gasteiger charge is 2.45. The first-order chi connectivity index (χ1) is 15.7. The Morgan fingerprint density at radius 2 is 1.06 bits per heavy atom. The van der Waals surface area contributed by atoms with Gasteiger partial charge in [-0.2, -0.15) is 0 Å². The standard InChI is InChI=1S/C29H30N3.ClH/c1-30-27(24-15-8-4-9-16-24)28(25-17-10-5-11-18-25)31(2)29(30)26-19-12-20-32(22-26)21-23-13-6-3-7-14-23;/h3-20,22,27-29H,21H2,1-2H3;1H/q+1;/p-1/t27-,28-;/m0./s1. The Kier molecular flexibility index (Phi) is 7.24. The van der Waals surface area contributed by atoms with Gasteiger partial charge in [-0.1, -0.05) is 91.0 Å². The van der Waals surface area contributed by atoms with Crippen LogP contribution in [0.3, 0.4) is 0 Å². The van der Waals surface area contributed by atoms with Gasteiger partial charge in [-0.25, -0.2) is 4.57 Å². The maximum Gasteiger partial charge on any atom is 0.175 e. The van der Waals surface area contributed by atoms with Crippen LogP contribution in [-0.2, 0) is 6.54 Å². The number of likely N-dealkylation sites (N-methyl/N-ethyl adjacent to an activating group) is 2. The van der Waals surface area contributed by atoms with Gasteiger partial charge in [-0.15, -0.1) is 0 Å². The molecule has 1 saturated heterocycles. The van der Waals surface area contributed by atoms with Crippen LogP contribution < -0.4 is 17.0 Å². The summed E-state index contributed by atoms with van der Waals surface area (Å²) in [6.07, 6.45) is 4.66. The molecule has 1 fully saturated rings. The van der Waals surface area contributed by atoms with Crippen molar-refractivity contribution in [3.8, 4) is 0 Å². The van der Waals surface area contributed by atoms with Crippen LogP contribution in [0, 0.1) is 0 Å². The van der Waals surface area contributed by atoms with E-state index < -0.39 is 0 Å². The molecule has 5 rings (SSSR count). The van der Waals surface area contributed by atoms with E-state index in [1.54, 1.807) is 0 Å². The highest BCUT2D eigenvalue weighted by atomic mass is 35.5. The second-order valence-electron chi connectivity index (χ2n) is 8.71. The predicted octanol–water partition coefficient (Wildman–Crippen LogP) is 2.38. The van der Waals surface area contributed by atoms with E-state index in [-0.39, 0.29) is 30.7 Å². The van der Waals surface area contributed by atoms with Gasteiger partial charge in [0.2, 0.25) is 0 Å². The van der Waals surface area contributed by atoms with Gasteiger partial charge in [0.25, 0.3) is 0 Å². The molecule has 33 heavy (non-hydrogen) atoms. The van der Waals surface area contributed by atoms with Crippen LogP contribution in [0.5, 0.6) is 0 Å². The van der Waals surface area contributed by atoms with Gasteiger partial charge < -0.3 is 12.4 Å². The minimum absolute atomic E-state index is 0. The lowest BCUT2D eigenvalue weighted by Crippen LogP contribution is -3.00. The van der Waals surface area contributed by atoms with Gasteiger partial charge in [0.05, 0.1) is 18.2 Å². The largest absolute Gasteiger partial charge is 1.00 e. The highest BCUT2D eigenvalue weighted by molar-refractivity contribution is 5.31. The smallest absolute Gasteiger partial charge is 0.175 e. The molecule has 0 bridgehead atoms. The highest BCUT2D eigenvalue weighted by Crippen LogP contribution is 2.50. The van der Waals surface area contributed by atoms with Crippen molar-refractivity contribution >= 4 is 0 Å². The molecule has 3 aromatic carbocycles. The molecule has 0 amide bonds. The maximum absolute atomic E-state index is 2.52. The van der Waals surface area contributed by atoms with E-state index in [2.05, 4.69) is 144 Å². The lowest BCUT2D eigenvalue weighted by atomic mass is 9.93. The lowest BCUT2D eigenvalue weighted by Gasteiger charge is -2.26. The normalized spacial score (nSPS) is 19.3. The zero-order valence-corrected chi connectivity index (χ0v) is 19.9. The Morgan fingerprint density at radius 1 is 0.606 bits per heavy atom. The molecule has 1 aromatic heterocycles. The van der Waals surface area contributed by atoms with Gasteiger partial charge in [0, 0.05) is 17.2 Å². The Bertz CT molecular complexity index is 1100. The summed E-state index contributed by atoms with van der Waals surface area (Å²) in [5.74, 6) is 0. The third-order valence-corrected chi connectivity index (χ3v) is 6.62. The van der Waals surface area contributed by atoms with Crippen LogP contribution in [0.25, 0.3) is 0 Å². The topological polar surface area (TPSA) is 10.4 Å². The van der Waals surface area contributed by atoms with Gasteiger partial charge in [0.1, 0.15) is 0 Å². The Morgan fingerprint density at radius 3 is 1.58 bits per heavy atom. The van der Waals surface area contributed by atoms with Crippen molar-refractivity contribution in [2.24, 2.45) is 0 Å². The van der Waals surface area contributed by atoms with Crippen molar-refractivity contribution in [3.05, 3.63) is 138 Å². The number of pyridine rings is 1. The second-order valence-corrected chi connectivity index (χ2v) is 8.71. The minimum Gasteiger partial charge on any atom is -1.00 e. The molecule has 3 nitrogen and oxygen atoms in total. The number of halogens is 1. The molecule has 4 heteroatoms. The van der Waals surface area contributed by atoms with E-state index >= 15 is 0 Å². The van der Waals surface area contributed by atoms with E-state index in [1.165, 1.54) is 22.3 Å². The molecule has 2 heterocycles. The van der Waals surface area contributed by atoms with Crippen LogP contribution in [0.4, 0.5) is 0 Å². The van der Waals surface area contributed by atoms with Crippen LogP contribution in [0.2, 0.25) is 0 Å². The molecule has 0 radical (unpaired) electrons. The number of aromatic nitrogens is 1. The summed E-state index contributed by atoms with van der Waals surface area (Å²) in [6, 6.07) is 37.4. The molecule has 2 atom stereocenters. The fourth-order valence-corrected chi connectivity index (χ4v) is 5.23. The van der Waals surface area contributed by atoms with Crippen LogP contribution in [-0.4, -0.2) is 23.9 Å². The summed E-state index contributed by atoms with van der Waals surface area (Å²) in [5.41, 5.74) is 5.33.